The first-order valence-electron chi connectivity index (χ1n) is 7.60. The highest BCUT2D eigenvalue weighted by atomic mass is 32.2. The third-order valence-electron chi connectivity index (χ3n) is 3.73. The third kappa shape index (κ3) is 5.44. The van der Waals surface area contributed by atoms with Crippen LogP contribution in [0.1, 0.15) is 39.3 Å². The first-order valence-corrected chi connectivity index (χ1v) is 8.65. The van der Waals surface area contributed by atoms with Crippen LogP contribution < -0.4 is 14.8 Å². The molecule has 120 valence electrons. The summed E-state index contributed by atoms with van der Waals surface area (Å²) in [6.07, 6.45) is 0. The maximum Gasteiger partial charge on any atom is 0.123 e. The predicted molar refractivity (Wildman–Crippen MR) is 92.7 cm³/mol. The highest BCUT2D eigenvalue weighted by molar-refractivity contribution is 7.99. The SMILES string of the molecule is CCNC(CSC(C)C(C)C)c1cc(OC)ccc1OC. The molecule has 0 bridgehead atoms. The van der Waals surface area contributed by atoms with Gasteiger partial charge in [-0.25, -0.2) is 0 Å². The molecular formula is C17H29NO2S. The fourth-order valence-corrected chi connectivity index (χ4v) is 3.24. The van der Waals surface area contributed by atoms with Crippen LogP contribution >= 0.6 is 11.8 Å². The quantitative estimate of drug-likeness (QED) is 0.743. The van der Waals surface area contributed by atoms with Crippen LogP contribution in [0.5, 0.6) is 11.5 Å². The Bertz CT molecular complexity index is 423. The molecule has 1 aromatic rings. The molecule has 4 heteroatoms. The highest BCUT2D eigenvalue weighted by Gasteiger charge is 2.18. The van der Waals surface area contributed by atoms with Gasteiger partial charge >= 0.3 is 0 Å². The number of rotatable bonds is 9. The van der Waals surface area contributed by atoms with E-state index in [1.54, 1.807) is 14.2 Å². The van der Waals surface area contributed by atoms with Crippen molar-refractivity contribution >= 4 is 11.8 Å². The third-order valence-corrected chi connectivity index (χ3v) is 5.32. The molecule has 2 atom stereocenters. The van der Waals surface area contributed by atoms with E-state index in [4.69, 9.17) is 9.47 Å². The van der Waals surface area contributed by atoms with Crippen LogP contribution in [0.2, 0.25) is 0 Å². The van der Waals surface area contributed by atoms with Crippen LogP contribution in [0.3, 0.4) is 0 Å². The second-order valence-corrected chi connectivity index (χ2v) is 6.91. The molecule has 0 fully saturated rings. The lowest BCUT2D eigenvalue weighted by atomic mass is 10.1. The van der Waals surface area contributed by atoms with Gasteiger partial charge in [-0.3, -0.25) is 0 Å². The Kier molecular flexibility index (Phi) is 7.97. The monoisotopic (exact) mass is 311 g/mol. The molecule has 2 unspecified atom stereocenters. The maximum atomic E-state index is 5.52. The fraction of sp³-hybridized carbons (Fsp3) is 0.647. The van der Waals surface area contributed by atoms with Crippen LogP contribution in [0.25, 0.3) is 0 Å². The number of thioether (sulfide) groups is 1. The zero-order valence-electron chi connectivity index (χ0n) is 14.1. The second kappa shape index (κ2) is 9.21. The summed E-state index contributed by atoms with van der Waals surface area (Å²) in [7, 11) is 3.42. The minimum absolute atomic E-state index is 0.270. The van der Waals surface area contributed by atoms with Crippen molar-refractivity contribution in [2.24, 2.45) is 5.92 Å². The van der Waals surface area contributed by atoms with Gasteiger partial charge in [0.15, 0.2) is 0 Å². The van der Waals surface area contributed by atoms with Gasteiger partial charge in [-0.15, -0.1) is 0 Å². The average molecular weight is 311 g/mol. The van der Waals surface area contributed by atoms with Gasteiger partial charge in [0, 0.05) is 22.6 Å². The van der Waals surface area contributed by atoms with E-state index >= 15 is 0 Å². The van der Waals surface area contributed by atoms with Gasteiger partial charge in [0.05, 0.1) is 14.2 Å². The molecule has 21 heavy (non-hydrogen) atoms. The smallest absolute Gasteiger partial charge is 0.123 e. The van der Waals surface area contributed by atoms with Crippen molar-refractivity contribution in [2.45, 2.75) is 39.0 Å². The summed E-state index contributed by atoms with van der Waals surface area (Å²) in [5.41, 5.74) is 1.17. The van der Waals surface area contributed by atoms with Gasteiger partial charge in [0.1, 0.15) is 11.5 Å². The Labute approximate surface area is 133 Å². The van der Waals surface area contributed by atoms with E-state index in [1.165, 1.54) is 5.56 Å². The molecule has 1 aromatic carbocycles. The lowest BCUT2D eigenvalue weighted by Gasteiger charge is -2.24. The van der Waals surface area contributed by atoms with E-state index in [2.05, 4.69) is 39.1 Å². The first kappa shape index (κ1) is 18.2. The van der Waals surface area contributed by atoms with Gasteiger partial charge in [0.25, 0.3) is 0 Å². The molecule has 0 amide bonds. The van der Waals surface area contributed by atoms with E-state index in [1.807, 2.05) is 23.9 Å². The normalized spacial score (nSPS) is 14.0. The predicted octanol–water partition coefficient (Wildman–Crippen LogP) is 4.13. The topological polar surface area (TPSA) is 30.5 Å². The van der Waals surface area contributed by atoms with Gasteiger partial charge < -0.3 is 14.8 Å². The molecule has 0 heterocycles. The minimum atomic E-state index is 0.270. The largest absolute Gasteiger partial charge is 0.497 e. The van der Waals surface area contributed by atoms with Crippen LogP contribution in [-0.4, -0.2) is 31.8 Å². The zero-order valence-corrected chi connectivity index (χ0v) is 14.9. The average Bonchev–Trinajstić information content (AvgIpc) is 2.50. The molecular weight excluding hydrogens is 282 g/mol. The molecule has 1 N–H and O–H groups in total. The summed E-state index contributed by atoms with van der Waals surface area (Å²) in [4.78, 5) is 0. The van der Waals surface area contributed by atoms with Crippen LogP contribution in [0, 0.1) is 5.92 Å². The lowest BCUT2D eigenvalue weighted by Crippen LogP contribution is -2.25. The Balaban J connectivity index is 2.92. The van der Waals surface area contributed by atoms with E-state index in [0.29, 0.717) is 11.2 Å². The van der Waals surface area contributed by atoms with E-state index in [0.717, 1.165) is 23.8 Å². The van der Waals surface area contributed by atoms with Crippen molar-refractivity contribution in [3.8, 4) is 11.5 Å². The van der Waals surface area contributed by atoms with Gasteiger partial charge in [-0.05, 0) is 30.7 Å². The molecule has 0 aromatic heterocycles. The van der Waals surface area contributed by atoms with Crippen molar-refractivity contribution in [1.29, 1.82) is 0 Å². The zero-order chi connectivity index (χ0) is 15.8. The van der Waals surface area contributed by atoms with Crippen molar-refractivity contribution in [3.63, 3.8) is 0 Å². The van der Waals surface area contributed by atoms with Crippen molar-refractivity contribution in [2.75, 3.05) is 26.5 Å². The van der Waals surface area contributed by atoms with E-state index in [-0.39, 0.29) is 6.04 Å². The number of nitrogens with one attached hydrogen (secondary N) is 1. The maximum absolute atomic E-state index is 5.52. The Morgan fingerprint density at radius 2 is 1.86 bits per heavy atom. The summed E-state index contributed by atoms with van der Waals surface area (Å²) >= 11 is 2.00. The molecule has 0 spiro atoms. The summed E-state index contributed by atoms with van der Waals surface area (Å²) in [5.74, 6) is 3.50. The van der Waals surface area contributed by atoms with Crippen LogP contribution in [0.4, 0.5) is 0 Å². The summed E-state index contributed by atoms with van der Waals surface area (Å²) in [5, 5.41) is 4.20. The summed E-state index contributed by atoms with van der Waals surface area (Å²) < 4.78 is 10.9. The van der Waals surface area contributed by atoms with Crippen molar-refractivity contribution < 1.29 is 9.47 Å². The Hall–Kier alpha value is -0.870. The molecule has 0 aliphatic carbocycles. The minimum Gasteiger partial charge on any atom is -0.497 e. The number of benzene rings is 1. The van der Waals surface area contributed by atoms with Gasteiger partial charge in [-0.2, -0.15) is 11.8 Å². The van der Waals surface area contributed by atoms with E-state index in [9.17, 15) is 0 Å². The number of methoxy groups -OCH3 is 2. The van der Waals surface area contributed by atoms with Gasteiger partial charge in [-0.1, -0.05) is 27.7 Å². The molecule has 0 radical (unpaired) electrons. The Morgan fingerprint density at radius 1 is 1.14 bits per heavy atom. The number of hydrogen-bond donors (Lipinski definition) is 1. The van der Waals surface area contributed by atoms with Gasteiger partial charge in [0.2, 0.25) is 0 Å². The molecule has 0 saturated carbocycles. The van der Waals surface area contributed by atoms with E-state index < -0.39 is 0 Å². The second-order valence-electron chi connectivity index (χ2n) is 5.50. The molecule has 1 rings (SSSR count). The lowest BCUT2D eigenvalue weighted by molar-refractivity contribution is 0.393. The molecule has 0 aliphatic rings. The first-order chi connectivity index (χ1) is 10.0. The Morgan fingerprint density at radius 3 is 2.38 bits per heavy atom. The van der Waals surface area contributed by atoms with Crippen LogP contribution in [-0.2, 0) is 0 Å². The number of ether oxygens (including phenoxy) is 2. The standard InChI is InChI=1S/C17H29NO2S/c1-7-18-16(11-21-13(4)12(2)3)15-10-14(19-5)8-9-17(15)20-6/h8-10,12-13,16,18H,7,11H2,1-6H3. The molecule has 0 aliphatic heterocycles. The molecule has 3 nitrogen and oxygen atoms in total. The highest BCUT2D eigenvalue weighted by Crippen LogP contribution is 2.32. The summed E-state index contributed by atoms with van der Waals surface area (Å²) in [6, 6.07) is 6.27. The summed E-state index contributed by atoms with van der Waals surface area (Å²) in [6.45, 7) is 9.90. The molecule has 0 saturated heterocycles. The fourth-order valence-electron chi connectivity index (χ4n) is 2.06. The van der Waals surface area contributed by atoms with Crippen molar-refractivity contribution in [3.05, 3.63) is 23.8 Å². The number of hydrogen-bond acceptors (Lipinski definition) is 4. The van der Waals surface area contributed by atoms with Crippen LogP contribution in [0.15, 0.2) is 18.2 Å². The van der Waals surface area contributed by atoms with Crippen molar-refractivity contribution in [1.82, 2.24) is 5.32 Å².